The van der Waals surface area contributed by atoms with E-state index in [1.807, 2.05) is 6.07 Å². The van der Waals surface area contributed by atoms with Gasteiger partial charge in [0.15, 0.2) is 5.69 Å². The van der Waals surface area contributed by atoms with E-state index >= 15 is 0 Å². The Hall–Kier alpha value is -2.70. The highest BCUT2D eigenvalue weighted by atomic mass is 16.2. The highest BCUT2D eigenvalue weighted by Gasteiger charge is 2.39. The Morgan fingerprint density at radius 3 is 2.78 bits per heavy atom. The zero-order valence-electron chi connectivity index (χ0n) is 15.8. The highest BCUT2D eigenvalue weighted by molar-refractivity contribution is 5.93. The van der Waals surface area contributed by atoms with Gasteiger partial charge < -0.3 is 10.2 Å². The number of nitrogens with zero attached hydrogens (tertiary/aromatic N) is 3. The van der Waals surface area contributed by atoms with Crippen LogP contribution in [0.1, 0.15) is 47.1 Å². The lowest BCUT2D eigenvalue weighted by Gasteiger charge is -2.34. The van der Waals surface area contributed by atoms with Crippen LogP contribution in [0.3, 0.4) is 0 Å². The zero-order chi connectivity index (χ0) is 19.0. The molecule has 0 saturated carbocycles. The van der Waals surface area contributed by atoms with Gasteiger partial charge in [-0.15, -0.1) is 0 Å². The molecule has 1 aliphatic heterocycles. The van der Waals surface area contributed by atoms with Gasteiger partial charge in [0.2, 0.25) is 5.91 Å². The Kier molecular flexibility index (Phi) is 4.45. The number of benzene rings is 1. The molecule has 2 heterocycles. The molecule has 142 valence electrons. The number of fused-ring (bicyclic) bond motifs is 1. The number of nitrogens with one attached hydrogen (secondary N) is 2. The number of amides is 2. The molecular weight excluding hydrogens is 342 g/mol. The third-order valence-electron chi connectivity index (χ3n) is 5.93. The number of aryl methyl sites for hydroxylation is 2. The maximum absolute atomic E-state index is 13.0. The van der Waals surface area contributed by atoms with Crippen molar-refractivity contribution >= 4 is 11.8 Å². The molecule has 2 N–H and O–H groups in total. The Morgan fingerprint density at radius 1 is 1.26 bits per heavy atom. The fraction of sp³-hybridized carbons (Fsp3) is 0.500. The molecule has 4 rings (SSSR count). The number of carbonyl (C=O) groups excluding carboxylic acids is 2. The van der Waals surface area contributed by atoms with Gasteiger partial charge in [0.25, 0.3) is 5.91 Å². The molecule has 2 aromatic rings. The Bertz CT molecular complexity index is 877. The van der Waals surface area contributed by atoms with Crippen molar-refractivity contribution in [2.75, 3.05) is 13.1 Å². The van der Waals surface area contributed by atoms with E-state index in [0.29, 0.717) is 24.5 Å². The van der Waals surface area contributed by atoms with Crippen molar-refractivity contribution < 1.29 is 9.59 Å². The smallest absolute Gasteiger partial charge is 0.276 e. The minimum absolute atomic E-state index is 0.0114. The van der Waals surface area contributed by atoms with Gasteiger partial charge >= 0.3 is 0 Å². The number of rotatable bonds is 3. The van der Waals surface area contributed by atoms with Crippen LogP contribution in [0.25, 0.3) is 0 Å². The monoisotopic (exact) mass is 367 g/mol. The fourth-order valence-electron chi connectivity index (χ4n) is 4.15. The average molecular weight is 367 g/mol. The predicted octanol–water partition coefficient (Wildman–Crippen LogP) is 1.64. The summed E-state index contributed by atoms with van der Waals surface area (Å²) in [6.07, 6.45) is 3.31. The van der Waals surface area contributed by atoms with Crippen LogP contribution in [0.5, 0.6) is 0 Å². The van der Waals surface area contributed by atoms with Gasteiger partial charge in [-0.25, -0.2) is 0 Å². The van der Waals surface area contributed by atoms with Crippen molar-refractivity contribution in [2.45, 2.75) is 45.6 Å². The van der Waals surface area contributed by atoms with Crippen LogP contribution in [0, 0.1) is 12.3 Å². The molecule has 2 amide bonds. The number of aromatic amines is 1. The Morgan fingerprint density at radius 2 is 2.04 bits per heavy atom. The minimum Gasteiger partial charge on any atom is -0.351 e. The van der Waals surface area contributed by atoms with E-state index in [4.69, 9.17) is 0 Å². The first kappa shape index (κ1) is 17.7. The molecule has 0 spiro atoms. The third kappa shape index (κ3) is 3.34. The molecule has 2 aliphatic rings. The molecule has 27 heavy (non-hydrogen) atoms. The van der Waals surface area contributed by atoms with Gasteiger partial charge in [-0.2, -0.15) is 15.4 Å². The Labute approximate surface area is 158 Å². The molecule has 1 aromatic carbocycles. The SMILES string of the molecule is Cc1n[nH]nc1C(=O)N1CC[C@@H](NC(=O)C2(C)CCc3ccccc3C2)C1. The molecule has 1 saturated heterocycles. The first-order valence-electron chi connectivity index (χ1n) is 9.51. The van der Waals surface area contributed by atoms with E-state index in [0.717, 1.165) is 25.7 Å². The standard InChI is InChI=1S/C20H25N5O2/c1-13-17(23-24-22-13)18(26)25-10-8-16(12-25)21-19(27)20(2)9-7-14-5-3-4-6-15(14)11-20/h3-6,16H,7-12H2,1-2H3,(H,21,27)(H,22,23,24)/t16-,20?/m1/s1. The van der Waals surface area contributed by atoms with Crippen LogP contribution in [-0.4, -0.2) is 51.3 Å². The Balaban J connectivity index is 1.38. The molecule has 1 aliphatic carbocycles. The van der Waals surface area contributed by atoms with Gasteiger partial charge in [0, 0.05) is 19.1 Å². The largest absolute Gasteiger partial charge is 0.351 e. The van der Waals surface area contributed by atoms with Crippen molar-refractivity contribution in [2.24, 2.45) is 5.41 Å². The molecule has 1 fully saturated rings. The summed E-state index contributed by atoms with van der Waals surface area (Å²) >= 11 is 0. The first-order valence-corrected chi connectivity index (χ1v) is 9.51. The van der Waals surface area contributed by atoms with Crippen LogP contribution in [0.15, 0.2) is 24.3 Å². The summed E-state index contributed by atoms with van der Waals surface area (Å²) in [6.45, 7) is 4.95. The molecule has 2 atom stereocenters. The van der Waals surface area contributed by atoms with Crippen molar-refractivity contribution in [3.63, 3.8) is 0 Å². The summed E-state index contributed by atoms with van der Waals surface area (Å²) in [5.41, 5.74) is 3.18. The lowest BCUT2D eigenvalue weighted by molar-refractivity contribution is -0.131. The number of likely N-dealkylation sites (tertiary alicyclic amines) is 1. The third-order valence-corrected chi connectivity index (χ3v) is 5.93. The van der Waals surface area contributed by atoms with Gasteiger partial charge in [-0.3, -0.25) is 9.59 Å². The number of hydrogen-bond donors (Lipinski definition) is 2. The highest BCUT2D eigenvalue weighted by Crippen LogP contribution is 2.35. The van der Waals surface area contributed by atoms with Crippen LogP contribution in [-0.2, 0) is 17.6 Å². The number of hydrogen-bond acceptors (Lipinski definition) is 4. The molecule has 0 radical (unpaired) electrons. The fourth-order valence-corrected chi connectivity index (χ4v) is 4.15. The average Bonchev–Trinajstić information content (AvgIpc) is 3.30. The molecule has 1 aromatic heterocycles. The van der Waals surface area contributed by atoms with Gasteiger partial charge in [0.1, 0.15) is 0 Å². The zero-order valence-corrected chi connectivity index (χ0v) is 15.8. The van der Waals surface area contributed by atoms with Gasteiger partial charge in [-0.05, 0) is 43.7 Å². The number of carbonyl (C=O) groups is 2. The summed E-state index contributed by atoms with van der Waals surface area (Å²) < 4.78 is 0. The lowest BCUT2D eigenvalue weighted by atomic mass is 9.72. The van der Waals surface area contributed by atoms with E-state index in [9.17, 15) is 9.59 Å². The van der Waals surface area contributed by atoms with E-state index in [2.05, 4.69) is 45.9 Å². The summed E-state index contributed by atoms with van der Waals surface area (Å²) in [5, 5.41) is 13.5. The maximum atomic E-state index is 13.0. The molecule has 7 heteroatoms. The normalized spacial score (nSPS) is 24.5. The second kappa shape index (κ2) is 6.79. The number of aromatic nitrogens is 3. The second-order valence-electron chi connectivity index (χ2n) is 7.97. The summed E-state index contributed by atoms with van der Waals surface area (Å²) in [6, 6.07) is 8.36. The molecule has 7 nitrogen and oxygen atoms in total. The predicted molar refractivity (Wildman–Crippen MR) is 100 cm³/mol. The molecular formula is C20H25N5O2. The van der Waals surface area contributed by atoms with Crippen molar-refractivity contribution in [3.8, 4) is 0 Å². The maximum Gasteiger partial charge on any atom is 0.276 e. The summed E-state index contributed by atoms with van der Waals surface area (Å²) in [7, 11) is 0. The van der Waals surface area contributed by atoms with Crippen LogP contribution in [0.4, 0.5) is 0 Å². The van der Waals surface area contributed by atoms with E-state index in [-0.39, 0.29) is 17.9 Å². The van der Waals surface area contributed by atoms with Gasteiger partial charge in [0.05, 0.1) is 11.1 Å². The molecule has 1 unspecified atom stereocenters. The van der Waals surface area contributed by atoms with Crippen LogP contribution in [0.2, 0.25) is 0 Å². The second-order valence-corrected chi connectivity index (χ2v) is 7.97. The van der Waals surface area contributed by atoms with E-state index < -0.39 is 5.41 Å². The quantitative estimate of drug-likeness (QED) is 0.863. The van der Waals surface area contributed by atoms with Crippen molar-refractivity contribution in [1.29, 1.82) is 0 Å². The van der Waals surface area contributed by atoms with E-state index in [1.54, 1.807) is 11.8 Å². The van der Waals surface area contributed by atoms with E-state index in [1.165, 1.54) is 11.1 Å². The van der Waals surface area contributed by atoms with Gasteiger partial charge in [-0.1, -0.05) is 31.2 Å². The van der Waals surface area contributed by atoms with Crippen LogP contribution >= 0.6 is 0 Å². The lowest BCUT2D eigenvalue weighted by Crippen LogP contribution is -2.47. The van der Waals surface area contributed by atoms with Crippen LogP contribution < -0.4 is 5.32 Å². The van der Waals surface area contributed by atoms with Crippen molar-refractivity contribution in [1.82, 2.24) is 25.6 Å². The number of H-pyrrole nitrogens is 1. The molecule has 0 bridgehead atoms. The summed E-state index contributed by atoms with van der Waals surface area (Å²) in [4.78, 5) is 27.3. The topological polar surface area (TPSA) is 91.0 Å². The first-order chi connectivity index (χ1) is 13.0. The minimum atomic E-state index is -0.394. The summed E-state index contributed by atoms with van der Waals surface area (Å²) in [5.74, 6) is -0.0373. The van der Waals surface area contributed by atoms with Crippen molar-refractivity contribution in [3.05, 3.63) is 46.8 Å².